The molecular formula is C14H7Cl2F3N2. The topological polar surface area (TPSA) is 17.8 Å². The average molecular weight is 331 g/mol. The fourth-order valence-corrected chi connectivity index (χ4v) is 2.51. The van der Waals surface area contributed by atoms with E-state index in [1.807, 2.05) is 0 Å². The van der Waals surface area contributed by atoms with E-state index in [2.05, 4.69) is 4.98 Å². The van der Waals surface area contributed by atoms with Gasteiger partial charge in [0.05, 0.1) is 27.6 Å². The summed E-state index contributed by atoms with van der Waals surface area (Å²) in [5.41, 5.74) is 0.895. The molecule has 0 atom stereocenters. The molecule has 0 amide bonds. The average Bonchev–Trinajstić information content (AvgIpc) is 2.75. The molecule has 2 aromatic carbocycles. The number of hydrogen-bond donors (Lipinski definition) is 0. The predicted molar refractivity (Wildman–Crippen MR) is 75.5 cm³/mol. The summed E-state index contributed by atoms with van der Waals surface area (Å²) in [4.78, 5) is 4.20. The summed E-state index contributed by atoms with van der Waals surface area (Å²) in [6.45, 7) is 0. The summed E-state index contributed by atoms with van der Waals surface area (Å²) in [5.74, 6) is -1.82. The normalized spacial score (nSPS) is 11.3. The predicted octanol–water partition coefficient (Wildman–Crippen LogP) is 4.84. The van der Waals surface area contributed by atoms with Crippen molar-refractivity contribution in [1.29, 1.82) is 0 Å². The number of fused-ring (bicyclic) bond motifs is 1. The van der Waals surface area contributed by atoms with E-state index in [1.54, 1.807) is 0 Å². The van der Waals surface area contributed by atoms with Crippen molar-refractivity contribution < 1.29 is 13.2 Å². The molecule has 3 rings (SSSR count). The highest BCUT2D eigenvalue weighted by Crippen LogP contribution is 2.28. The first-order valence-electron chi connectivity index (χ1n) is 5.88. The number of imidazole rings is 1. The Morgan fingerprint density at radius 1 is 1.00 bits per heavy atom. The molecule has 0 bridgehead atoms. The minimum absolute atomic E-state index is 0.00789. The highest BCUT2D eigenvalue weighted by Gasteiger charge is 2.15. The maximum atomic E-state index is 13.7. The van der Waals surface area contributed by atoms with Gasteiger partial charge in [0.2, 0.25) is 0 Å². The van der Waals surface area contributed by atoms with Gasteiger partial charge in [-0.25, -0.2) is 18.2 Å². The largest absolute Gasteiger partial charge is 0.295 e. The standard InChI is InChI=1S/C14H7Cl2F3N2/c15-6-14-20-12-4-10(16)11(19)5-13(12)21(14)9-2-7(17)1-8(18)3-9/h1-5H,6H2. The van der Waals surface area contributed by atoms with Crippen LogP contribution in [-0.2, 0) is 5.88 Å². The van der Waals surface area contributed by atoms with Gasteiger partial charge in [-0.05, 0) is 18.2 Å². The summed E-state index contributed by atoms with van der Waals surface area (Å²) in [6, 6.07) is 5.48. The van der Waals surface area contributed by atoms with E-state index < -0.39 is 17.5 Å². The number of nitrogens with zero attached hydrogens (tertiary/aromatic N) is 2. The summed E-state index contributed by atoms with van der Waals surface area (Å²) >= 11 is 11.5. The summed E-state index contributed by atoms with van der Waals surface area (Å²) in [6.07, 6.45) is 0. The molecule has 108 valence electrons. The first-order valence-corrected chi connectivity index (χ1v) is 6.79. The molecule has 7 heteroatoms. The lowest BCUT2D eigenvalue weighted by atomic mass is 10.2. The number of hydrogen-bond acceptors (Lipinski definition) is 1. The van der Waals surface area contributed by atoms with Gasteiger partial charge < -0.3 is 0 Å². The van der Waals surface area contributed by atoms with E-state index in [4.69, 9.17) is 23.2 Å². The molecule has 0 unspecified atom stereocenters. The van der Waals surface area contributed by atoms with Crippen molar-refractivity contribution in [2.24, 2.45) is 0 Å². The number of halogens is 5. The summed E-state index contributed by atoms with van der Waals surface area (Å²) < 4.78 is 41.9. The first-order chi connectivity index (χ1) is 9.99. The SMILES string of the molecule is Fc1cc(F)cc(-n2c(CCl)nc3cc(Cl)c(F)cc32)c1. The second kappa shape index (κ2) is 5.24. The van der Waals surface area contributed by atoms with Crippen molar-refractivity contribution in [1.82, 2.24) is 9.55 Å². The molecule has 0 spiro atoms. The van der Waals surface area contributed by atoms with Gasteiger partial charge in [0.15, 0.2) is 0 Å². The molecule has 0 radical (unpaired) electrons. The van der Waals surface area contributed by atoms with Crippen LogP contribution in [0.15, 0.2) is 30.3 Å². The zero-order valence-corrected chi connectivity index (χ0v) is 11.9. The molecule has 0 N–H and O–H groups in total. The second-order valence-corrected chi connectivity index (χ2v) is 5.05. The van der Waals surface area contributed by atoms with Crippen LogP contribution in [0.2, 0.25) is 5.02 Å². The molecule has 0 aliphatic rings. The van der Waals surface area contributed by atoms with Crippen LogP contribution in [0.3, 0.4) is 0 Å². The van der Waals surface area contributed by atoms with Crippen LogP contribution in [0.4, 0.5) is 13.2 Å². The maximum absolute atomic E-state index is 13.7. The van der Waals surface area contributed by atoms with Gasteiger partial charge in [-0.2, -0.15) is 0 Å². The van der Waals surface area contributed by atoms with Crippen LogP contribution in [0.25, 0.3) is 16.7 Å². The lowest BCUT2D eigenvalue weighted by molar-refractivity contribution is 0.581. The highest BCUT2D eigenvalue weighted by atomic mass is 35.5. The van der Waals surface area contributed by atoms with Crippen molar-refractivity contribution in [2.75, 3.05) is 0 Å². The molecule has 0 aliphatic heterocycles. The van der Waals surface area contributed by atoms with E-state index in [0.29, 0.717) is 16.9 Å². The van der Waals surface area contributed by atoms with Crippen molar-refractivity contribution in [3.8, 4) is 5.69 Å². The third-order valence-corrected chi connectivity index (χ3v) is 3.52. The third kappa shape index (κ3) is 2.47. The molecule has 0 saturated heterocycles. The minimum atomic E-state index is -0.748. The smallest absolute Gasteiger partial charge is 0.144 e. The fraction of sp³-hybridized carbons (Fsp3) is 0.0714. The third-order valence-electron chi connectivity index (χ3n) is 2.99. The Hall–Kier alpha value is -1.72. The van der Waals surface area contributed by atoms with Crippen LogP contribution in [0, 0.1) is 17.5 Å². The Morgan fingerprint density at radius 3 is 2.29 bits per heavy atom. The lowest BCUT2D eigenvalue weighted by Gasteiger charge is -2.08. The Morgan fingerprint density at radius 2 is 1.67 bits per heavy atom. The Balaban J connectivity index is 2.36. The molecule has 1 heterocycles. The number of aromatic nitrogens is 2. The quantitative estimate of drug-likeness (QED) is 0.615. The van der Waals surface area contributed by atoms with Crippen LogP contribution in [0.5, 0.6) is 0 Å². The summed E-state index contributed by atoms with van der Waals surface area (Å²) in [5, 5.41) is -0.0845. The van der Waals surface area contributed by atoms with Crippen molar-refractivity contribution in [2.45, 2.75) is 5.88 Å². The van der Waals surface area contributed by atoms with Gasteiger partial charge >= 0.3 is 0 Å². The van der Waals surface area contributed by atoms with Crippen molar-refractivity contribution in [3.63, 3.8) is 0 Å². The van der Waals surface area contributed by atoms with Gasteiger partial charge in [-0.3, -0.25) is 4.57 Å². The highest BCUT2D eigenvalue weighted by molar-refractivity contribution is 6.31. The molecule has 2 nitrogen and oxygen atoms in total. The van der Waals surface area contributed by atoms with Crippen molar-refractivity contribution >= 4 is 34.2 Å². The maximum Gasteiger partial charge on any atom is 0.144 e. The molecule has 0 aliphatic carbocycles. The minimum Gasteiger partial charge on any atom is -0.295 e. The van der Waals surface area contributed by atoms with Crippen LogP contribution in [-0.4, -0.2) is 9.55 Å². The second-order valence-electron chi connectivity index (χ2n) is 4.38. The molecule has 1 aromatic heterocycles. The molecule has 21 heavy (non-hydrogen) atoms. The molecule has 0 fully saturated rings. The van der Waals surface area contributed by atoms with Gasteiger partial charge in [-0.15, -0.1) is 11.6 Å². The Kier molecular flexibility index (Phi) is 3.55. The molecular weight excluding hydrogens is 324 g/mol. The van der Waals surface area contributed by atoms with Gasteiger partial charge in [0.25, 0.3) is 0 Å². The van der Waals surface area contributed by atoms with Crippen molar-refractivity contribution in [3.05, 3.63) is 58.6 Å². The van der Waals surface area contributed by atoms with Crippen LogP contribution < -0.4 is 0 Å². The van der Waals surface area contributed by atoms with E-state index in [-0.39, 0.29) is 16.6 Å². The van der Waals surface area contributed by atoms with E-state index >= 15 is 0 Å². The zero-order valence-electron chi connectivity index (χ0n) is 10.4. The Bertz CT molecular complexity index is 826. The van der Waals surface area contributed by atoms with Gasteiger partial charge in [0.1, 0.15) is 23.3 Å². The van der Waals surface area contributed by atoms with Gasteiger partial charge in [0, 0.05) is 12.1 Å². The lowest BCUT2D eigenvalue weighted by Crippen LogP contribution is -2.01. The number of rotatable bonds is 2. The number of alkyl halides is 1. The van der Waals surface area contributed by atoms with E-state index in [9.17, 15) is 13.2 Å². The van der Waals surface area contributed by atoms with E-state index in [1.165, 1.54) is 10.6 Å². The first kappa shape index (κ1) is 14.2. The van der Waals surface area contributed by atoms with Crippen LogP contribution >= 0.6 is 23.2 Å². The van der Waals surface area contributed by atoms with Crippen LogP contribution in [0.1, 0.15) is 5.82 Å². The van der Waals surface area contributed by atoms with E-state index in [0.717, 1.165) is 24.3 Å². The monoisotopic (exact) mass is 330 g/mol. The zero-order chi connectivity index (χ0) is 15.1. The van der Waals surface area contributed by atoms with Gasteiger partial charge in [-0.1, -0.05) is 11.6 Å². The molecule has 3 aromatic rings. The molecule has 0 saturated carbocycles. The Labute approximate surface area is 127 Å². The summed E-state index contributed by atoms with van der Waals surface area (Å²) in [7, 11) is 0. The number of benzene rings is 2. The fourth-order valence-electron chi connectivity index (χ4n) is 2.17.